The van der Waals surface area contributed by atoms with Crippen LogP contribution in [0.3, 0.4) is 0 Å². The molecule has 0 aliphatic rings. The van der Waals surface area contributed by atoms with Crippen molar-refractivity contribution in [2.24, 2.45) is 0 Å². The van der Waals surface area contributed by atoms with Gasteiger partial charge in [0.15, 0.2) is 0 Å². The zero-order chi connectivity index (χ0) is 9.14. The van der Waals surface area contributed by atoms with Crippen LogP contribution >= 0.6 is 0 Å². The monoisotopic (exact) mass is 184 g/mol. The lowest BCUT2D eigenvalue weighted by Crippen LogP contribution is -1.98. The Bertz CT molecular complexity index is 307. The topological polar surface area (TPSA) is 26.3 Å². The van der Waals surface area contributed by atoms with Gasteiger partial charge in [-0.25, -0.2) is 4.21 Å². The Morgan fingerprint density at radius 2 is 2.00 bits per heavy atom. The van der Waals surface area contributed by atoms with Gasteiger partial charge in [-0.05, 0) is 31.0 Å². The van der Waals surface area contributed by atoms with E-state index in [4.69, 9.17) is 4.18 Å². The summed E-state index contributed by atoms with van der Waals surface area (Å²) in [6.07, 6.45) is 1.52. The third-order valence-corrected chi connectivity index (χ3v) is 2.18. The third kappa shape index (κ3) is 2.08. The average molecular weight is 184 g/mol. The molecule has 1 aromatic carbocycles. The van der Waals surface area contributed by atoms with Crippen LogP contribution in [0.15, 0.2) is 18.2 Å². The Hall–Kier alpha value is -0.830. The molecular formula is C9H12O2S. The van der Waals surface area contributed by atoms with E-state index >= 15 is 0 Å². The van der Waals surface area contributed by atoms with E-state index in [9.17, 15) is 4.21 Å². The molecule has 66 valence electrons. The molecule has 1 rings (SSSR count). The number of rotatable bonds is 2. The quantitative estimate of drug-likeness (QED) is 0.702. The fourth-order valence-electron chi connectivity index (χ4n) is 0.941. The lowest BCUT2D eigenvalue weighted by molar-refractivity contribution is 0.564. The van der Waals surface area contributed by atoms with Crippen LogP contribution < -0.4 is 4.18 Å². The molecule has 0 radical (unpaired) electrons. The summed E-state index contributed by atoms with van der Waals surface area (Å²) in [7, 11) is 0. The second-order valence-corrected chi connectivity index (χ2v) is 3.65. The summed E-state index contributed by atoms with van der Waals surface area (Å²) < 4.78 is 15.9. The Balaban J connectivity index is 3.00. The molecule has 0 spiro atoms. The first-order chi connectivity index (χ1) is 5.61. The predicted molar refractivity (Wildman–Crippen MR) is 50.6 cm³/mol. The summed E-state index contributed by atoms with van der Waals surface area (Å²) in [5.74, 6) is 0.704. The molecular weight excluding hydrogens is 172 g/mol. The molecule has 0 fully saturated rings. The van der Waals surface area contributed by atoms with Crippen molar-refractivity contribution >= 4 is 11.1 Å². The second kappa shape index (κ2) is 3.72. The van der Waals surface area contributed by atoms with Crippen LogP contribution in [0.25, 0.3) is 0 Å². The van der Waals surface area contributed by atoms with Gasteiger partial charge in [0.2, 0.25) is 11.1 Å². The first-order valence-corrected chi connectivity index (χ1v) is 5.17. The van der Waals surface area contributed by atoms with Crippen molar-refractivity contribution in [1.82, 2.24) is 0 Å². The minimum absolute atomic E-state index is 0.704. The first kappa shape index (κ1) is 9.26. The van der Waals surface area contributed by atoms with Gasteiger partial charge in [-0.1, -0.05) is 12.1 Å². The Morgan fingerprint density at radius 1 is 1.33 bits per heavy atom. The molecule has 1 aromatic rings. The van der Waals surface area contributed by atoms with Crippen LogP contribution in [0.4, 0.5) is 0 Å². The van der Waals surface area contributed by atoms with Crippen LogP contribution in [0, 0.1) is 13.8 Å². The van der Waals surface area contributed by atoms with Gasteiger partial charge in [0.25, 0.3) is 0 Å². The van der Waals surface area contributed by atoms with Crippen LogP contribution in [0.1, 0.15) is 11.1 Å². The summed E-state index contributed by atoms with van der Waals surface area (Å²) in [6, 6.07) is 5.72. The van der Waals surface area contributed by atoms with Gasteiger partial charge >= 0.3 is 0 Å². The van der Waals surface area contributed by atoms with E-state index in [1.807, 2.05) is 32.0 Å². The number of hydrogen-bond donors (Lipinski definition) is 0. The SMILES string of the molecule is Cc1cccc(OS(C)=O)c1C. The lowest BCUT2D eigenvalue weighted by Gasteiger charge is -2.06. The summed E-state index contributed by atoms with van der Waals surface area (Å²) in [5.41, 5.74) is 2.20. The Labute approximate surface area is 75.2 Å². The van der Waals surface area contributed by atoms with Crippen molar-refractivity contribution in [3.05, 3.63) is 29.3 Å². The summed E-state index contributed by atoms with van der Waals surface area (Å²) in [4.78, 5) is 0. The number of aryl methyl sites for hydroxylation is 1. The maximum Gasteiger partial charge on any atom is 0.203 e. The van der Waals surface area contributed by atoms with Gasteiger partial charge in [0.05, 0.1) is 0 Å². The fraction of sp³-hybridized carbons (Fsp3) is 0.333. The van der Waals surface area contributed by atoms with Crippen molar-refractivity contribution < 1.29 is 8.39 Å². The molecule has 0 aromatic heterocycles. The average Bonchev–Trinajstić information content (AvgIpc) is 1.98. The van der Waals surface area contributed by atoms with Crippen LogP contribution in [-0.2, 0) is 11.1 Å². The molecule has 0 aliphatic carbocycles. The third-order valence-electron chi connectivity index (χ3n) is 1.76. The molecule has 0 bridgehead atoms. The highest BCUT2D eigenvalue weighted by molar-refractivity contribution is 7.79. The molecule has 0 amide bonds. The summed E-state index contributed by atoms with van der Waals surface area (Å²) in [6.45, 7) is 3.96. The molecule has 0 saturated heterocycles. The summed E-state index contributed by atoms with van der Waals surface area (Å²) >= 11 is -1.24. The highest BCUT2D eigenvalue weighted by Crippen LogP contribution is 2.20. The van der Waals surface area contributed by atoms with E-state index in [2.05, 4.69) is 0 Å². The Morgan fingerprint density at radius 3 is 2.58 bits per heavy atom. The van der Waals surface area contributed by atoms with Crippen molar-refractivity contribution in [3.8, 4) is 5.75 Å². The van der Waals surface area contributed by atoms with E-state index in [1.54, 1.807) is 0 Å². The maximum atomic E-state index is 10.8. The zero-order valence-electron chi connectivity index (χ0n) is 7.46. The fourth-order valence-corrected chi connectivity index (χ4v) is 1.37. The highest BCUT2D eigenvalue weighted by atomic mass is 32.2. The zero-order valence-corrected chi connectivity index (χ0v) is 8.27. The molecule has 0 N–H and O–H groups in total. The molecule has 2 nitrogen and oxygen atoms in total. The first-order valence-electron chi connectivity index (χ1n) is 3.69. The maximum absolute atomic E-state index is 10.8. The van der Waals surface area contributed by atoms with Crippen molar-refractivity contribution in [1.29, 1.82) is 0 Å². The van der Waals surface area contributed by atoms with E-state index in [0.717, 1.165) is 11.1 Å². The smallest absolute Gasteiger partial charge is 0.203 e. The molecule has 0 aliphatic heterocycles. The number of benzene rings is 1. The van der Waals surface area contributed by atoms with Gasteiger partial charge in [-0.3, -0.25) is 0 Å². The molecule has 1 atom stereocenters. The Kier molecular flexibility index (Phi) is 2.87. The molecule has 1 unspecified atom stereocenters. The van der Waals surface area contributed by atoms with Gasteiger partial charge in [0.1, 0.15) is 5.75 Å². The number of hydrogen-bond acceptors (Lipinski definition) is 2. The van der Waals surface area contributed by atoms with E-state index < -0.39 is 11.1 Å². The van der Waals surface area contributed by atoms with Crippen molar-refractivity contribution in [2.45, 2.75) is 13.8 Å². The second-order valence-electron chi connectivity index (χ2n) is 2.68. The van der Waals surface area contributed by atoms with Crippen LogP contribution in [-0.4, -0.2) is 10.5 Å². The van der Waals surface area contributed by atoms with E-state index in [1.165, 1.54) is 6.26 Å². The van der Waals surface area contributed by atoms with Gasteiger partial charge in [-0.15, -0.1) is 0 Å². The lowest BCUT2D eigenvalue weighted by atomic mass is 10.1. The largest absolute Gasteiger partial charge is 0.400 e. The van der Waals surface area contributed by atoms with Gasteiger partial charge in [-0.2, -0.15) is 0 Å². The highest BCUT2D eigenvalue weighted by Gasteiger charge is 2.02. The van der Waals surface area contributed by atoms with Gasteiger partial charge in [0, 0.05) is 6.26 Å². The van der Waals surface area contributed by atoms with Crippen molar-refractivity contribution in [2.75, 3.05) is 6.26 Å². The molecule has 0 heterocycles. The standard InChI is InChI=1S/C9H12O2S/c1-7-5-4-6-9(8(7)2)11-12(3)10/h4-6H,1-3H3. The minimum Gasteiger partial charge on any atom is -0.400 e. The van der Waals surface area contributed by atoms with E-state index in [-0.39, 0.29) is 0 Å². The van der Waals surface area contributed by atoms with Crippen LogP contribution in [0.5, 0.6) is 5.75 Å². The molecule has 3 heteroatoms. The van der Waals surface area contributed by atoms with Crippen molar-refractivity contribution in [3.63, 3.8) is 0 Å². The predicted octanol–water partition coefficient (Wildman–Crippen LogP) is 1.98. The summed E-state index contributed by atoms with van der Waals surface area (Å²) in [5, 5.41) is 0. The minimum atomic E-state index is -1.24. The van der Waals surface area contributed by atoms with E-state index in [0.29, 0.717) is 5.75 Å². The normalized spacial score (nSPS) is 12.6. The molecule has 0 saturated carbocycles. The van der Waals surface area contributed by atoms with Gasteiger partial charge < -0.3 is 4.18 Å². The van der Waals surface area contributed by atoms with Crippen LogP contribution in [0.2, 0.25) is 0 Å². The molecule has 12 heavy (non-hydrogen) atoms.